The van der Waals surface area contributed by atoms with Crippen LogP contribution in [0.25, 0.3) is 0 Å². The molecule has 1 aromatic heterocycles. The average Bonchev–Trinajstić information content (AvgIpc) is 3.36. The van der Waals surface area contributed by atoms with Crippen molar-refractivity contribution in [1.82, 2.24) is 15.6 Å². The molecule has 1 saturated carbocycles. The van der Waals surface area contributed by atoms with E-state index in [4.69, 9.17) is 0 Å². The summed E-state index contributed by atoms with van der Waals surface area (Å²) in [4.78, 5) is 18.6. The molecule has 0 spiro atoms. The summed E-state index contributed by atoms with van der Waals surface area (Å²) in [5.41, 5.74) is 1.30. The lowest BCUT2D eigenvalue weighted by Crippen LogP contribution is -2.32. The summed E-state index contributed by atoms with van der Waals surface area (Å²) >= 11 is 0. The number of halogens is 2. The summed E-state index contributed by atoms with van der Waals surface area (Å²) in [6.45, 7) is 2.13. The van der Waals surface area contributed by atoms with E-state index in [1.807, 2.05) is 12.1 Å². The molecule has 0 bridgehead atoms. The normalized spacial score (nSPS) is 19.3. The Kier molecular flexibility index (Phi) is 5.03. The van der Waals surface area contributed by atoms with Gasteiger partial charge in [0.25, 0.3) is 5.91 Å². The Morgan fingerprint density at radius 3 is 2.67 bits per heavy atom. The molecule has 2 fully saturated rings. The summed E-state index contributed by atoms with van der Waals surface area (Å²) in [5.74, 6) is -0.873. The largest absolute Gasteiger partial charge is 0.355 e. The van der Waals surface area contributed by atoms with Gasteiger partial charge in [0, 0.05) is 37.9 Å². The van der Waals surface area contributed by atoms with Crippen molar-refractivity contribution < 1.29 is 13.6 Å². The number of carbonyl (C=O) groups excluding carboxylic acids is 1. The van der Waals surface area contributed by atoms with Gasteiger partial charge in [0.2, 0.25) is 0 Å². The first-order valence-corrected chi connectivity index (χ1v) is 9.27. The molecule has 1 aliphatic carbocycles. The van der Waals surface area contributed by atoms with Gasteiger partial charge in [-0.2, -0.15) is 0 Å². The molecule has 142 valence electrons. The molecule has 7 heteroatoms. The minimum atomic E-state index is -0.828. The fourth-order valence-electron chi connectivity index (χ4n) is 3.25. The molecule has 27 heavy (non-hydrogen) atoms. The van der Waals surface area contributed by atoms with Crippen molar-refractivity contribution in [2.45, 2.75) is 37.9 Å². The minimum Gasteiger partial charge on any atom is -0.355 e. The number of aromatic nitrogens is 1. The molecule has 1 atom stereocenters. The van der Waals surface area contributed by atoms with Gasteiger partial charge < -0.3 is 15.5 Å². The number of hydrogen-bond acceptors (Lipinski definition) is 4. The summed E-state index contributed by atoms with van der Waals surface area (Å²) in [7, 11) is 0. The second kappa shape index (κ2) is 7.60. The minimum absolute atomic E-state index is 0.0657. The van der Waals surface area contributed by atoms with Gasteiger partial charge in [-0.15, -0.1) is 0 Å². The second-order valence-electron chi connectivity index (χ2n) is 7.21. The van der Waals surface area contributed by atoms with Crippen LogP contribution < -0.4 is 15.5 Å². The quantitative estimate of drug-likeness (QED) is 0.819. The van der Waals surface area contributed by atoms with E-state index in [0.717, 1.165) is 49.8 Å². The van der Waals surface area contributed by atoms with E-state index in [0.29, 0.717) is 18.2 Å². The highest BCUT2D eigenvalue weighted by Crippen LogP contribution is 2.21. The van der Waals surface area contributed by atoms with Crippen LogP contribution in [-0.2, 0) is 6.54 Å². The van der Waals surface area contributed by atoms with Crippen LogP contribution in [0.4, 0.5) is 14.6 Å². The third-order valence-electron chi connectivity index (χ3n) is 5.01. The van der Waals surface area contributed by atoms with E-state index in [9.17, 15) is 13.6 Å². The highest BCUT2D eigenvalue weighted by Gasteiger charge is 2.25. The predicted molar refractivity (Wildman–Crippen MR) is 98.5 cm³/mol. The van der Waals surface area contributed by atoms with E-state index in [2.05, 4.69) is 20.5 Å². The van der Waals surface area contributed by atoms with Gasteiger partial charge in [0.05, 0.1) is 5.56 Å². The van der Waals surface area contributed by atoms with Gasteiger partial charge in [-0.05, 0) is 49.1 Å². The number of rotatable bonds is 6. The van der Waals surface area contributed by atoms with Crippen molar-refractivity contribution in [3.8, 4) is 0 Å². The van der Waals surface area contributed by atoms with Crippen molar-refractivity contribution in [2.75, 3.05) is 18.0 Å². The molecule has 1 saturated heterocycles. The summed E-state index contributed by atoms with van der Waals surface area (Å²) in [6.07, 6.45) is 4.68. The molecule has 1 amide bonds. The smallest absolute Gasteiger partial charge is 0.253 e. The Balaban J connectivity index is 1.29. The number of nitrogens with one attached hydrogen (secondary N) is 2. The molecule has 0 radical (unpaired) electrons. The molecular formula is C20H22F2N4O. The van der Waals surface area contributed by atoms with Crippen LogP contribution >= 0.6 is 0 Å². The van der Waals surface area contributed by atoms with Crippen LogP contribution in [0.3, 0.4) is 0 Å². The molecule has 2 N–H and O–H groups in total. The first kappa shape index (κ1) is 17.9. The third kappa shape index (κ3) is 4.42. The summed E-state index contributed by atoms with van der Waals surface area (Å²) in [5, 5.41) is 6.33. The molecular weight excluding hydrogens is 350 g/mol. The number of amides is 1. The molecule has 2 heterocycles. The molecule has 5 nitrogen and oxygen atoms in total. The van der Waals surface area contributed by atoms with Crippen LogP contribution in [0.1, 0.15) is 35.2 Å². The number of carbonyl (C=O) groups is 1. The van der Waals surface area contributed by atoms with Gasteiger partial charge in [-0.3, -0.25) is 4.79 Å². The van der Waals surface area contributed by atoms with E-state index < -0.39 is 11.6 Å². The molecule has 4 rings (SSSR count). The van der Waals surface area contributed by atoms with Crippen LogP contribution in [0, 0.1) is 11.6 Å². The monoisotopic (exact) mass is 372 g/mol. The first-order valence-electron chi connectivity index (χ1n) is 9.27. The predicted octanol–water partition coefficient (Wildman–Crippen LogP) is 2.62. The maximum atomic E-state index is 13.3. The van der Waals surface area contributed by atoms with Crippen LogP contribution in [0.5, 0.6) is 0 Å². The van der Waals surface area contributed by atoms with Gasteiger partial charge in [-0.25, -0.2) is 13.8 Å². The topological polar surface area (TPSA) is 57.3 Å². The van der Waals surface area contributed by atoms with Gasteiger partial charge in [0.15, 0.2) is 11.6 Å². The van der Waals surface area contributed by atoms with Crippen LogP contribution in [-0.4, -0.2) is 36.1 Å². The van der Waals surface area contributed by atoms with Crippen molar-refractivity contribution in [3.63, 3.8) is 0 Å². The zero-order valence-electron chi connectivity index (χ0n) is 14.9. The van der Waals surface area contributed by atoms with E-state index in [-0.39, 0.29) is 11.9 Å². The Bertz CT molecular complexity index is 823. The molecule has 1 aliphatic heterocycles. The maximum absolute atomic E-state index is 13.3. The first-order chi connectivity index (χ1) is 13.1. The van der Waals surface area contributed by atoms with Crippen molar-refractivity contribution >= 4 is 11.7 Å². The molecule has 1 aromatic carbocycles. The lowest BCUT2D eigenvalue weighted by molar-refractivity contribution is 0.0950. The van der Waals surface area contributed by atoms with Gasteiger partial charge >= 0.3 is 0 Å². The zero-order chi connectivity index (χ0) is 18.8. The van der Waals surface area contributed by atoms with Crippen molar-refractivity contribution in [1.29, 1.82) is 0 Å². The third-order valence-corrected chi connectivity index (χ3v) is 5.01. The molecule has 2 aliphatic rings. The fourth-order valence-corrected chi connectivity index (χ4v) is 3.25. The lowest BCUT2D eigenvalue weighted by atomic mass is 10.2. The van der Waals surface area contributed by atoms with Crippen LogP contribution in [0.15, 0.2) is 36.5 Å². The van der Waals surface area contributed by atoms with Crippen LogP contribution in [0.2, 0.25) is 0 Å². The van der Waals surface area contributed by atoms with E-state index >= 15 is 0 Å². The van der Waals surface area contributed by atoms with E-state index in [1.165, 1.54) is 6.07 Å². The average molecular weight is 372 g/mol. The molecule has 2 aromatic rings. The van der Waals surface area contributed by atoms with Gasteiger partial charge in [0.1, 0.15) is 5.82 Å². The Morgan fingerprint density at radius 2 is 1.96 bits per heavy atom. The number of nitrogens with zero attached hydrogens (tertiary/aromatic N) is 2. The summed E-state index contributed by atoms with van der Waals surface area (Å²) < 4.78 is 26.3. The van der Waals surface area contributed by atoms with Crippen molar-refractivity contribution in [3.05, 3.63) is 59.3 Å². The highest BCUT2D eigenvalue weighted by atomic mass is 19.2. The Hall–Kier alpha value is -2.54. The number of hydrogen-bond donors (Lipinski definition) is 2. The number of benzene rings is 1. The Labute approximate surface area is 156 Å². The second-order valence-corrected chi connectivity index (χ2v) is 7.21. The molecule has 1 unspecified atom stereocenters. The van der Waals surface area contributed by atoms with Crippen molar-refractivity contribution in [2.24, 2.45) is 0 Å². The maximum Gasteiger partial charge on any atom is 0.253 e. The SMILES string of the molecule is O=C(NC1CC1)c1ccc(N2CCC(NCc3ccc(F)c(F)c3)C2)nc1. The lowest BCUT2D eigenvalue weighted by Gasteiger charge is -2.18. The van der Waals surface area contributed by atoms with Gasteiger partial charge in [-0.1, -0.05) is 6.07 Å². The fraction of sp³-hybridized carbons (Fsp3) is 0.400. The number of anilines is 1. The van der Waals surface area contributed by atoms with E-state index in [1.54, 1.807) is 12.3 Å². The highest BCUT2D eigenvalue weighted by molar-refractivity contribution is 5.94. The zero-order valence-corrected chi connectivity index (χ0v) is 14.9. The number of pyridine rings is 1. The Morgan fingerprint density at radius 1 is 1.11 bits per heavy atom. The standard InChI is InChI=1S/C20H22F2N4O/c21-17-5-1-13(9-18(17)22)10-23-16-7-8-26(12-16)19-6-2-14(11-24-19)20(27)25-15-3-4-15/h1-2,5-6,9,11,15-16,23H,3-4,7-8,10,12H2,(H,25,27). The summed E-state index contributed by atoms with van der Waals surface area (Å²) in [6, 6.07) is 8.22.